The molecule has 2 atom stereocenters. The molecule has 1 saturated heterocycles. The summed E-state index contributed by atoms with van der Waals surface area (Å²) in [7, 11) is 7.65. The van der Waals surface area contributed by atoms with Gasteiger partial charge >= 0.3 is 0 Å². The zero-order valence-corrected chi connectivity index (χ0v) is 13.7. The van der Waals surface area contributed by atoms with Gasteiger partial charge in [-0.25, -0.2) is 0 Å². The van der Waals surface area contributed by atoms with Crippen LogP contribution in [0.1, 0.15) is 30.9 Å². The summed E-state index contributed by atoms with van der Waals surface area (Å²) in [6, 6.07) is 6.76. The lowest BCUT2D eigenvalue weighted by Gasteiger charge is -2.33. The minimum absolute atomic E-state index is 0.430. The van der Waals surface area contributed by atoms with E-state index in [0.717, 1.165) is 24.6 Å². The molecule has 1 heterocycles. The first-order valence-corrected chi connectivity index (χ1v) is 7.78. The predicted octanol–water partition coefficient (Wildman–Crippen LogP) is 2.70. The summed E-state index contributed by atoms with van der Waals surface area (Å²) in [5, 5.41) is 3.35. The number of nitrogens with one attached hydrogen (secondary N) is 1. The monoisotopic (exact) mass is 292 g/mol. The number of methoxy groups -OCH3 is 2. The van der Waals surface area contributed by atoms with Crippen molar-refractivity contribution in [2.45, 2.75) is 25.3 Å². The Morgan fingerprint density at radius 2 is 1.95 bits per heavy atom. The molecule has 118 valence electrons. The molecule has 0 aliphatic carbocycles. The first-order chi connectivity index (χ1) is 10.2. The first-order valence-electron chi connectivity index (χ1n) is 7.78. The van der Waals surface area contributed by atoms with Gasteiger partial charge in [0, 0.05) is 6.04 Å². The van der Waals surface area contributed by atoms with E-state index in [1.807, 2.05) is 13.1 Å². The Balaban J connectivity index is 2.34. The molecule has 2 rings (SSSR count). The summed E-state index contributed by atoms with van der Waals surface area (Å²) < 4.78 is 10.8. The van der Waals surface area contributed by atoms with Crippen molar-refractivity contribution in [3.05, 3.63) is 23.8 Å². The normalized spacial score (nSPS) is 23.6. The van der Waals surface area contributed by atoms with E-state index in [2.05, 4.69) is 29.4 Å². The summed E-state index contributed by atoms with van der Waals surface area (Å²) >= 11 is 0. The second-order valence-corrected chi connectivity index (χ2v) is 5.85. The number of hydrogen-bond donors (Lipinski definition) is 1. The van der Waals surface area contributed by atoms with Gasteiger partial charge in [-0.1, -0.05) is 12.5 Å². The van der Waals surface area contributed by atoms with Crippen LogP contribution in [0, 0.1) is 5.92 Å². The Morgan fingerprint density at radius 1 is 1.19 bits per heavy atom. The Hall–Kier alpha value is -1.26. The third-order valence-corrected chi connectivity index (χ3v) is 4.47. The van der Waals surface area contributed by atoms with Crippen LogP contribution >= 0.6 is 0 Å². The molecule has 1 aromatic rings. The molecule has 0 bridgehead atoms. The number of hydrogen-bond acceptors (Lipinski definition) is 4. The molecule has 0 saturated carbocycles. The van der Waals surface area contributed by atoms with Gasteiger partial charge < -0.3 is 14.8 Å². The lowest BCUT2D eigenvalue weighted by Crippen LogP contribution is -2.34. The smallest absolute Gasteiger partial charge is 0.161 e. The van der Waals surface area contributed by atoms with Crippen LogP contribution in [-0.4, -0.2) is 46.3 Å². The SMILES string of the molecule is CNCC1CCCCN(C)C1c1ccc(OC)c(OC)c1. The highest BCUT2D eigenvalue weighted by Gasteiger charge is 2.29. The third kappa shape index (κ3) is 3.69. The molecular weight excluding hydrogens is 264 g/mol. The molecule has 4 heteroatoms. The van der Waals surface area contributed by atoms with Crippen LogP contribution in [0.5, 0.6) is 11.5 Å². The highest BCUT2D eigenvalue weighted by Crippen LogP contribution is 2.37. The van der Waals surface area contributed by atoms with E-state index in [-0.39, 0.29) is 0 Å². The Kier molecular flexibility index (Phi) is 5.88. The average molecular weight is 292 g/mol. The van der Waals surface area contributed by atoms with Crippen molar-refractivity contribution < 1.29 is 9.47 Å². The molecular formula is C17H28N2O2. The summed E-state index contributed by atoms with van der Waals surface area (Å²) in [4.78, 5) is 2.48. The van der Waals surface area contributed by atoms with Crippen molar-refractivity contribution in [3.8, 4) is 11.5 Å². The number of nitrogens with zero attached hydrogens (tertiary/aromatic N) is 1. The van der Waals surface area contributed by atoms with Crippen LogP contribution < -0.4 is 14.8 Å². The van der Waals surface area contributed by atoms with Crippen LogP contribution in [0.15, 0.2) is 18.2 Å². The van der Waals surface area contributed by atoms with E-state index >= 15 is 0 Å². The maximum atomic E-state index is 5.47. The predicted molar refractivity (Wildman–Crippen MR) is 86.2 cm³/mol. The van der Waals surface area contributed by atoms with Crippen LogP contribution in [-0.2, 0) is 0 Å². The minimum Gasteiger partial charge on any atom is -0.493 e. The number of likely N-dealkylation sites (tertiary alicyclic amines) is 1. The first kappa shape index (κ1) is 16.1. The van der Waals surface area contributed by atoms with E-state index in [1.54, 1.807) is 14.2 Å². The van der Waals surface area contributed by atoms with Crippen molar-refractivity contribution in [1.82, 2.24) is 10.2 Å². The molecule has 0 aromatic heterocycles. The topological polar surface area (TPSA) is 33.7 Å². The zero-order valence-electron chi connectivity index (χ0n) is 13.7. The number of rotatable bonds is 5. The second kappa shape index (κ2) is 7.66. The lowest BCUT2D eigenvalue weighted by atomic mass is 9.89. The molecule has 1 fully saturated rings. The van der Waals surface area contributed by atoms with E-state index < -0.39 is 0 Å². The van der Waals surface area contributed by atoms with Gasteiger partial charge in [0.05, 0.1) is 14.2 Å². The van der Waals surface area contributed by atoms with Gasteiger partial charge in [0.15, 0.2) is 11.5 Å². The van der Waals surface area contributed by atoms with Crippen LogP contribution in [0.25, 0.3) is 0 Å². The zero-order chi connectivity index (χ0) is 15.2. The van der Waals surface area contributed by atoms with Gasteiger partial charge in [-0.15, -0.1) is 0 Å². The van der Waals surface area contributed by atoms with Gasteiger partial charge in [-0.2, -0.15) is 0 Å². The Labute approximate surface area is 128 Å². The van der Waals surface area contributed by atoms with Crippen molar-refractivity contribution in [3.63, 3.8) is 0 Å². The van der Waals surface area contributed by atoms with Crippen LogP contribution in [0.2, 0.25) is 0 Å². The minimum atomic E-state index is 0.430. The average Bonchev–Trinajstić information content (AvgIpc) is 2.68. The largest absolute Gasteiger partial charge is 0.493 e. The third-order valence-electron chi connectivity index (χ3n) is 4.47. The molecule has 1 aliphatic heterocycles. The highest BCUT2D eigenvalue weighted by molar-refractivity contribution is 5.44. The molecule has 1 N–H and O–H groups in total. The van der Waals surface area contributed by atoms with E-state index in [4.69, 9.17) is 9.47 Å². The fourth-order valence-electron chi connectivity index (χ4n) is 3.46. The second-order valence-electron chi connectivity index (χ2n) is 5.85. The molecule has 0 amide bonds. The summed E-state index contributed by atoms with van der Waals surface area (Å²) in [6.07, 6.45) is 3.85. The highest BCUT2D eigenvalue weighted by atomic mass is 16.5. The molecule has 2 unspecified atom stereocenters. The van der Waals surface area contributed by atoms with Gasteiger partial charge in [0.2, 0.25) is 0 Å². The molecule has 4 nitrogen and oxygen atoms in total. The maximum absolute atomic E-state index is 5.47. The van der Waals surface area contributed by atoms with Crippen molar-refractivity contribution in [1.29, 1.82) is 0 Å². The van der Waals surface area contributed by atoms with Crippen molar-refractivity contribution >= 4 is 0 Å². The maximum Gasteiger partial charge on any atom is 0.161 e. The summed E-state index contributed by atoms with van der Waals surface area (Å²) in [5.74, 6) is 2.24. The quantitative estimate of drug-likeness (QED) is 0.905. The van der Waals surface area contributed by atoms with E-state index in [9.17, 15) is 0 Å². The van der Waals surface area contributed by atoms with Gasteiger partial charge in [0.1, 0.15) is 0 Å². The fraction of sp³-hybridized carbons (Fsp3) is 0.647. The Bertz CT molecular complexity index is 450. The van der Waals surface area contributed by atoms with E-state index in [1.165, 1.54) is 24.8 Å². The van der Waals surface area contributed by atoms with Gasteiger partial charge in [-0.3, -0.25) is 4.90 Å². The van der Waals surface area contributed by atoms with Gasteiger partial charge in [0.25, 0.3) is 0 Å². The van der Waals surface area contributed by atoms with Crippen LogP contribution in [0.3, 0.4) is 0 Å². The molecule has 1 aliphatic rings. The Morgan fingerprint density at radius 3 is 2.62 bits per heavy atom. The van der Waals surface area contributed by atoms with Gasteiger partial charge in [-0.05, 0) is 63.6 Å². The molecule has 1 aromatic carbocycles. The van der Waals surface area contributed by atoms with E-state index in [0.29, 0.717) is 12.0 Å². The number of benzene rings is 1. The number of ether oxygens (including phenoxy) is 2. The summed E-state index contributed by atoms with van der Waals surface area (Å²) in [5.41, 5.74) is 1.32. The van der Waals surface area contributed by atoms with Crippen molar-refractivity contribution in [2.24, 2.45) is 5.92 Å². The fourth-order valence-corrected chi connectivity index (χ4v) is 3.46. The summed E-state index contributed by atoms with van der Waals surface area (Å²) in [6.45, 7) is 2.20. The van der Waals surface area contributed by atoms with Crippen LogP contribution in [0.4, 0.5) is 0 Å². The molecule has 0 spiro atoms. The lowest BCUT2D eigenvalue weighted by molar-refractivity contribution is 0.190. The molecule has 0 radical (unpaired) electrons. The standard InChI is InChI=1S/C17H28N2O2/c1-18-12-14-7-5-6-10-19(2)17(14)13-8-9-15(20-3)16(11-13)21-4/h8-9,11,14,17-18H,5-7,10,12H2,1-4H3. The van der Waals surface area contributed by atoms with Crippen molar-refractivity contribution in [2.75, 3.05) is 41.4 Å². The molecule has 21 heavy (non-hydrogen) atoms.